The maximum Gasteiger partial charge on any atom is 0.330 e. The first kappa shape index (κ1) is 35.1. The summed E-state index contributed by atoms with van der Waals surface area (Å²) in [4.78, 5) is 27.5. The van der Waals surface area contributed by atoms with E-state index in [2.05, 4.69) is 43.9 Å². The molecule has 0 aliphatic rings. The fourth-order valence-electron chi connectivity index (χ4n) is 4.18. The smallest absolute Gasteiger partial charge is 0.330 e. The third-order valence-electron chi connectivity index (χ3n) is 6.59. The number of hydrogen-bond donors (Lipinski definition) is 1. The van der Waals surface area contributed by atoms with Crippen LogP contribution in [0.2, 0.25) is 0 Å². The van der Waals surface area contributed by atoms with Crippen LogP contribution in [0.4, 0.5) is 27.2 Å². The first-order chi connectivity index (χ1) is 23.0. The third-order valence-corrected chi connectivity index (χ3v) is 8.52. The van der Waals surface area contributed by atoms with Crippen molar-refractivity contribution in [3.8, 4) is 5.75 Å². The Bertz CT molecular complexity index is 1620. The molecule has 2 heterocycles. The average Bonchev–Trinajstić information content (AvgIpc) is 3.66. The van der Waals surface area contributed by atoms with Gasteiger partial charge in [0.15, 0.2) is 0 Å². The molecule has 13 heteroatoms. The Balaban J connectivity index is 1.12. The number of aromatic nitrogens is 1. The highest BCUT2D eigenvalue weighted by molar-refractivity contribution is 7.30. The number of thiazole rings is 1. The number of nitrogens with one attached hydrogen (secondary N) is 1. The van der Waals surface area contributed by atoms with E-state index in [1.54, 1.807) is 0 Å². The number of fused-ring (bicyclic) bond motifs is 1. The van der Waals surface area contributed by atoms with Crippen molar-refractivity contribution >= 4 is 71.3 Å². The zero-order chi connectivity index (χ0) is 33.1. The van der Waals surface area contributed by atoms with Gasteiger partial charge in [-0.1, -0.05) is 67.9 Å². The van der Waals surface area contributed by atoms with Crippen LogP contribution < -0.4 is 10.1 Å². The Kier molecular flexibility index (Phi) is 14.7. The van der Waals surface area contributed by atoms with Crippen LogP contribution >= 0.6 is 22.7 Å². The first-order valence-electron chi connectivity index (χ1n) is 15.4. The molecule has 0 bridgehead atoms. The second-order valence-corrected chi connectivity index (χ2v) is 12.2. The van der Waals surface area contributed by atoms with Gasteiger partial charge in [-0.05, 0) is 67.4 Å². The quantitative estimate of drug-likeness (QED) is 0.0402. The van der Waals surface area contributed by atoms with E-state index in [9.17, 15) is 9.59 Å². The van der Waals surface area contributed by atoms with Crippen LogP contribution in [0.3, 0.4) is 0 Å². The number of ether oxygens (including phenoxy) is 3. The zero-order valence-corrected chi connectivity index (χ0v) is 27.8. The van der Waals surface area contributed by atoms with Crippen LogP contribution in [-0.4, -0.2) is 43.3 Å². The van der Waals surface area contributed by atoms with Gasteiger partial charge in [-0.2, -0.15) is 0 Å². The van der Waals surface area contributed by atoms with Gasteiger partial charge in [-0.15, -0.1) is 20.5 Å². The first-order valence-corrected chi connectivity index (χ1v) is 17.0. The number of carbonyl (C=O) groups excluding carboxylic acids is 2. The lowest BCUT2D eigenvalue weighted by atomic mass is 10.1. The molecule has 47 heavy (non-hydrogen) atoms. The van der Waals surface area contributed by atoms with Crippen molar-refractivity contribution in [2.75, 3.05) is 31.7 Å². The van der Waals surface area contributed by atoms with E-state index in [1.807, 2.05) is 54.6 Å². The summed E-state index contributed by atoms with van der Waals surface area (Å²) in [5, 5.41) is 21.8. The van der Waals surface area contributed by atoms with Crippen molar-refractivity contribution in [1.82, 2.24) is 4.98 Å². The van der Waals surface area contributed by atoms with E-state index in [4.69, 9.17) is 14.2 Å². The maximum absolute atomic E-state index is 11.1. The second-order valence-electron chi connectivity index (χ2n) is 10.2. The number of esters is 2. The molecule has 0 spiro atoms. The number of unbranched alkanes of at least 4 members (excludes halogenated alkanes) is 6. The molecule has 1 N–H and O–H groups in total. The number of anilines is 1. The monoisotopic (exact) mass is 674 g/mol. The number of nitrogens with zero attached hydrogens (tertiary/aromatic N) is 5. The van der Waals surface area contributed by atoms with Crippen LogP contribution in [0.15, 0.2) is 100 Å². The Morgan fingerprint density at radius 1 is 0.723 bits per heavy atom. The summed E-state index contributed by atoms with van der Waals surface area (Å²) < 4.78 is 16.8. The SMILES string of the molecule is C=CC(=O)OCCCCCCCCCOc1ccc(/N=N/c2cc3sc(/N=N/c4ccc(NCCOC(=O)C=C)cc4)nc3s2)cc1. The van der Waals surface area contributed by atoms with Crippen LogP contribution in [0.25, 0.3) is 9.53 Å². The number of azo groups is 2. The van der Waals surface area contributed by atoms with Gasteiger partial charge in [0.1, 0.15) is 22.2 Å². The molecule has 2 aromatic carbocycles. The van der Waals surface area contributed by atoms with Crippen LogP contribution in [0.5, 0.6) is 5.75 Å². The highest BCUT2D eigenvalue weighted by Crippen LogP contribution is 2.39. The lowest BCUT2D eigenvalue weighted by Gasteiger charge is -2.06. The third kappa shape index (κ3) is 12.9. The van der Waals surface area contributed by atoms with Crippen molar-refractivity contribution in [1.29, 1.82) is 0 Å². The van der Waals surface area contributed by atoms with E-state index in [0.29, 0.717) is 30.6 Å². The molecule has 4 rings (SSSR count). The molecule has 0 unspecified atom stereocenters. The van der Waals surface area contributed by atoms with Crippen LogP contribution in [-0.2, 0) is 19.1 Å². The molecule has 0 saturated heterocycles. The van der Waals surface area contributed by atoms with Gasteiger partial charge in [-0.25, -0.2) is 14.6 Å². The van der Waals surface area contributed by atoms with Crippen LogP contribution in [0, 0.1) is 0 Å². The predicted octanol–water partition coefficient (Wildman–Crippen LogP) is 10.2. The summed E-state index contributed by atoms with van der Waals surface area (Å²) in [5.41, 5.74) is 2.32. The Labute approximate surface area is 282 Å². The van der Waals surface area contributed by atoms with Crippen molar-refractivity contribution < 1.29 is 23.8 Å². The Morgan fingerprint density at radius 2 is 1.32 bits per heavy atom. The average molecular weight is 675 g/mol. The molecule has 0 radical (unpaired) electrons. The molecule has 4 aromatic rings. The number of carbonyl (C=O) groups is 2. The van der Waals surface area contributed by atoms with Gasteiger partial charge in [0.2, 0.25) is 5.13 Å². The van der Waals surface area contributed by atoms with E-state index >= 15 is 0 Å². The van der Waals surface area contributed by atoms with E-state index < -0.39 is 5.97 Å². The van der Waals surface area contributed by atoms with Gasteiger partial charge in [0, 0.05) is 24.4 Å². The molecule has 0 aliphatic heterocycles. The topological polar surface area (TPSA) is 136 Å². The molecule has 11 nitrogen and oxygen atoms in total. The molecular formula is C34H38N6O5S2. The molecule has 246 valence electrons. The fourth-order valence-corrected chi connectivity index (χ4v) is 6.03. The highest BCUT2D eigenvalue weighted by Gasteiger charge is 2.08. The van der Waals surface area contributed by atoms with Crippen molar-refractivity contribution in [3.63, 3.8) is 0 Å². The second kappa shape index (κ2) is 19.7. The van der Waals surface area contributed by atoms with Gasteiger partial charge in [0.05, 0.1) is 29.3 Å². The molecule has 0 saturated carbocycles. The van der Waals surface area contributed by atoms with Crippen molar-refractivity contribution in [2.24, 2.45) is 20.5 Å². The Morgan fingerprint density at radius 3 is 1.98 bits per heavy atom. The lowest BCUT2D eigenvalue weighted by Crippen LogP contribution is -2.12. The summed E-state index contributed by atoms with van der Waals surface area (Å²) in [6, 6.07) is 17.0. The molecule has 0 aliphatic carbocycles. The van der Waals surface area contributed by atoms with Crippen LogP contribution in [0.1, 0.15) is 44.9 Å². The fraction of sp³-hybridized carbons (Fsp3) is 0.324. The summed E-state index contributed by atoms with van der Waals surface area (Å²) in [6.07, 6.45) is 9.93. The van der Waals surface area contributed by atoms with Gasteiger partial charge in [-0.3, -0.25) is 0 Å². The largest absolute Gasteiger partial charge is 0.494 e. The van der Waals surface area contributed by atoms with Crippen molar-refractivity contribution in [3.05, 3.63) is 79.9 Å². The summed E-state index contributed by atoms with van der Waals surface area (Å²) in [7, 11) is 0. The minimum atomic E-state index is -0.441. The van der Waals surface area contributed by atoms with Gasteiger partial charge >= 0.3 is 11.9 Å². The lowest BCUT2D eigenvalue weighted by molar-refractivity contribution is -0.138. The molecule has 0 amide bonds. The van der Waals surface area contributed by atoms with Crippen molar-refractivity contribution in [2.45, 2.75) is 44.9 Å². The Hall–Kier alpha value is -4.75. The number of rotatable bonds is 21. The number of hydrogen-bond acceptors (Lipinski definition) is 13. The molecule has 0 fully saturated rings. The number of thiophene rings is 1. The maximum atomic E-state index is 11.1. The van der Waals surface area contributed by atoms with Gasteiger partial charge in [0.25, 0.3) is 0 Å². The molecule has 0 atom stereocenters. The predicted molar refractivity (Wildman–Crippen MR) is 187 cm³/mol. The van der Waals surface area contributed by atoms with E-state index in [1.165, 1.54) is 41.6 Å². The summed E-state index contributed by atoms with van der Waals surface area (Å²) >= 11 is 2.89. The number of benzene rings is 2. The van der Waals surface area contributed by atoms with Gasteiger partial charge < -0.3 is 19.5 Å². The standard InChI is InChI=1S/C34H38N6O5S2/c1-3-31(41)44-22-11-9-7-5-6-8-10-21-43-28-18-16-27(17-19-28)37-39-30-24-29-33(47-30)36-34(46-29)40-38-26-14-12-25(13-15-26)35-20-23-45-32(42)4-2/h3-4,12-19,24,35H,1-2,5-11,20-23H2/b39-37+,40-38+. The van der Waals surface area contributed by atoms with E-state index in [-0.39, 0.29) is 12.6 Å². The normalized spacial score (nSPS) is 11.2. The summed E-state index contributed by atoms with van der Waals surface area (Å²) in [5.74, 6) is 0.0240. The molecular weight excluding hydrogens is 637 g/mol. The summed E-state index contributed by atoms with van der Waals surface area (Å²) in [6.45, 7) is 8.65. The molecule has 2 aromatic heterocycles. The minimum Gasteiger partial charge on any atom is -0.494 e. The van der Waals surface area contributed by atoms with E-state index in [0.717, 1.165) is 69.8 Å². The zero-order valence-electron chi connectivity index (χ0n) is 26.1. The highest BCUT2D eigenvalue weighted by atomic mass is 32.1. The minimum absolute atomic E-state index is 0.254.